The summed E-state index contributed by atoms with van der Waals surface area (Å²) in [5.41, 5.74) is 2.21. The summed E-state index contributed by atoms with van der Waals surface area (Å²) in [6.45, 7) is 10.2. The first kappa shape index (κ1) is 21.1. The highest BCUT2D eigenvalue weighted by atomic mass is 16.5. The molecule has 2 aliphatic heterocycles. The Morgan fingerprint density at radius 1 is 0.871 bits per heavy atom. The van der Waals surface area contributed by atoms with Crippen molar-refractivity contribution in [2.24, 2.45) is 0 Å². The van der Waals surface area contributed by atoms with Gasteiger partial charge < -0.3 is 14.5 Å². The lowest BCUT2D eigenvalue weighted by Crippen LogP contribution is -2.47. The van der Waals surface area contributed by atoms with E-state index in [0.29, 0.717) is 22.7 Å². The van der Waals surface area contributed by atoms with Gasteiger partial charge in [0.2, 0.25) is 0 Å². The molecule has 0 radical (unpaired) electrons. The molecular formula is C25H29N3O3. The van der Waals surface area contributed by atoms with E-state index in [2.05, 4.69) is 16.7 Å². The van der Waals surface area contributed by atoms with Gasteiger partial charge in [0, 0.05) is 26.2 Å². The molecule has 2 aliphatic rings. The summed E-state index contributed by atoms with van der Waals surface area (Å²) < 4.78 is 5.92. The zero-order valence-corrected chi connectivity index (χ0v) is 18.4. The third kappa shape index (κ3) is 4.08. The molecule has 6 nitrogen and oxygen atoms in total. The van der Waals surface area contributed by atoms with Gasteiger partial charge in [0.05, 0.1) is 17.4 Å². The zero-order valence-electron chi connectivity index (χ0n) is 18.4. The summed E-state index contributed by atoms with van der Waals surface area (Å²) in [6.07, 6.45) is -0.0721. The number of nitrogens with zero attached hydrogens (tertiary/aromatic N) is 3. The third-order valence-electron chi connectivity index (χ3n) is 5.73. The van der Waals surface area contributed by atoms with E-state index in [-0.39, 0.29) is 17.9 Å². The largest absolute Gasteiger partial charge is 0.489 e. The summed E-state index contributed by atoms with van der Waals surface area (Å²) in [7, 11) is 0. The summed E-state index contributed by atoms with van der Waals surface area (Å²) in [4.78, 5) is 33.1. The highest BCUT2D eigenvalue weighted by Crippen LogP contribution is 2.39. The normalized spacial score (nSPS) is 17.8. The number of carbonyl (C=O) groups is 2. The molecule has 2 amide bonds. The molecule has 2 heterocycles. The maximum absolute atomic E-state index is 13.7. The van der Waals surface area contributed by atoms with Gasteiger partial charge in [0.25, 0.3) is 11.8 Å². The lowest BCUT2D eigenvalue weighted by Gasteiger charge is -2.36. The number of ether oxygens (including phenoxy) is 1. The smallest absolute Gasteiger partial charge is 0.282 e. The topological polar surface area (TPSA) is 53.1 Å². The summed E-state index contributed by atoms with van der Waals surface area (Å²) >= 11 is 0. The van der Waals surface area contributed by atoms with Crippen molar-refractivity contribution in [3.05, 3.63) is 65.9 Å². The fourth-order valence-corrected chi connectivity index (χ4v) is 4.18. The molecule has 31 heavy (non-hydrogen) atoms. The van der Waals surface area contributed by atoms with Gasteiger partial charge >= 0.3 is 0 Å². The van der Waals surface area contributed by atoms with Crippen LogP contribution in [-0.2, 0) is 9.59 Å². The Morgan fingerprint density at radius 3 is 2.16 bits per heavy atom. The van der Waals surface area contributed by atoms with E-state index in [0.717, 1.165) is 38.3 Å². The maximum Gasteiger partial charge on any atom is 0.282 e. The van der Waals surface area contributed by atoms with Crippen LogP contribution in [0.25, 0.3) is 5.57 Å². The highest BCUT2D eigenvalue weighted by molar-refractivity contribution is 6.45. The van der Waals surface area contributed by atoms with Crippen LogP contribution in [0.1, 0.15) is 26.3 Å². The van der Waals surface area contributed by atoms with Gasteiger partial charge in [-0.3, -0.25) is 9.59 Å². The van der Waals surface area contributed by atoms with Crippen molar-refractivity contribution in [2.45, 2.75) is 26.9 Å². The average molecular weight is 420 g/mol. The molecule has 6 heteroatoms. The van der Waals surface area contributed by atoms with Crippen LogP contribution in [0.5, 0.6) is 5.75 Å². The second kappa shape index (κ2) is 8.94. The number of likely N-dealkylation sites (N-methyl/N-ethyl adjacent to an activating group) is 1. The Morgan fingerprint density at radius 2 is 1.52 bits per heavy atom. The van der Waals surface area contributed by atoms with Gasteiger partial charge in [-0.05, 0) is 38.1 Å². The minimum atomic E-state index is -0.302. The minimum Gasteiger partial charge on any atom is -0.489 e. The number of imide groups is 1. The molecule has 0 saturated carbocycles. The second-order valence-electron chi connectivity index (χ2n) is 8.09. The Kier molecular flexibility index (Phi) is 6.09. The zero-order chi connectivity index (χ0) is 22.0. The lowest BCUT2D eigenvalue weighted by atomic mass is 10.0. The summed E-state index contributed by atoms with van der Waals surface area (Å²) in [5, 5.41) is 0. The van der Waals surface area contributed by atoms with E-state index in [1.54, 1.807) is 12.1 Å². The molecule has 0 spiro atoms. The molecular weight excluding hydrogens is 390 g/mol. The molecule has 2 aromatic carbocycles. The quantitative estimate of drug-likeness (QED) is 0.672. The third-order valence-corrected chi connectivity index (χ3v) is 5.73. The molecule has 1 saturated heterocycles. The van der Waals surface area contributed by atoms with Crippen LogP contribution >= 0.6 is 0 Å². The van der Waals surface area contributed by atoms with Gasteiger partial charge in [-0.25, -0.2) is 4.90 Å². The van der Waals surface area contributed by atoms with Crippen LogP contribution in [0.15, 0.2) is 60.3 Å². The average Bonchev–Trinajstić information content (AvgIpc) is 3.04. The SMILES string of the molecule is CCN1CCN(C2=C(c3ccccc3)C(=O)N(c3ccccc3OC(C)C)C2=O)CC1. The lowest BCUT2D eigenvalue weighted by molar-refractivity contribution is -0.120. The van der Waals surface area contributed by atoms with Gasteiger partial charge in [-0.15, -0.1) is 0 Å². The number of anilines is 1. The first-order valence-corrected chi connectivity index (χ1v) is 10.9. The van der Waals surface area contributed by atoms with Gasteiger partial charge in [0.1, 0.15) is 11.4 Å². The number of hydrogen-bond acceptors (Lipinski definition) is 5. The monoisotopic (exact) mass is 419 g/mol. The van der Waals surface area contributed by atoms with Crippen LogP contribution in [0.4, 0.5) is 5.69 Å². The van der Waals surface area contributed by atoms with E-state index < -0.39 is 0 Å². The Hall–Kier alpha value is -3.12. The standard InChI is InChI=1S/C25H29N3O3/c1-4-26-14-16-27(17-15-26)23-22(19-10-6-5-7-11-19)24(29)28(25(23)30)20-12-8-9-13-21(20)31-18(2)3/h5-13,18H,4,14-17H2,1-3H3. The number of benzene rings is 2. The summed E-state index contributed by atoms with van der Waals surface area (Å²) in [5.74, 6) is -0.0544. The number of piperazine rings is 1. The second-order valence-corrected chi connectivity index (χ2v) is 8.09. The van der Waals surface area contributed by atoms with E-state index in [1.807, 2.05) is 56.3 Å². The number of carbonyl (C=O) groups excluding carboxylic acids is 2. The number of rotatable bonds is 6. The summed E-state index contributed by atoms with van der Waals surface area (Å²) in [6, 6.07) is 16.7. The molecule has 0 N–H and O–H groups in total. The van der Waals surface area contributed by atoms with Crippen molar-refractivity contribution in [1.82, 2.24) is 9.80 Å². The fraction of sp³-hybridized carbons (Fsp3) is 0.360. The van der Waals surface area contributed by atoms with Gasteiger partial charge in [0.15, 0.2) is 0 Å². The molecule has 0 aliphatic carbocycles. The number of para-hydroxylation sites is 2. The van der Waals surface area contributed by atoms with E-state index in [9.17, 15) is 9.59 Å². The van der Waals surface area contributed by atoms with Crippen molar-refractivity contribution in [2.75, 3.05) is 37.6 Å². The molecule has 4 rings (SSSR count). The molecule has 0 aromatic heterocycles. The molecule has 0 atom stereocenters. The number of amides is 2. The molecule has 0 unspecified atom stereocenters. The van der Waals surface area contributed by atoms with Crippen LogP contribution in [-0.4, -0.2) is 60.4 Å². The van der Waals surface area contributed by atoms with Crippen molar-refractivity contribution >= 4 is 23.1 Å². The molecule has 0 bridgehead atoms. The number of hydrogen-bond donors (Lipinski definition) is 0. The Balaban J connectivity index is 1.77. The van der Waals surface area contributed by atoms with Gasteiger partial charge in [-0.1, -0.05) is 49.4 Å². The van der Waals surface area contributed by atoms with Crippen molar-refractivity contribution in [3.8, 4) is 5.75 Å². The Labute approximate surface area is 183 Å². The van der Waals surface area contributed by atoms with Crippen LogP contribution < -0.4 is 9.64 Å². The minimum absolute atomic E-state index is 0.0721. The molecule has 1 fully saturated rings. The molecule has 162 valence electrons. The van der Waals surface area contributed by atoms with E-state index in [4.69, 9.17) is 4.74 Å². The predicted molar refractivity (Wildman–Crippen MR) is 122 cm³/mol. The van der Waals surface area contributed by atoms with Gasteiger partial charge in [-0.2, -0.15) is 0 Å². The molecule has 2 aromatic rings. The first-order chi connectivity index (χ1) is 15.0. The van der Waals surface area contributed by atoms with Crippen molar-refractivity contribution < 1.29 is 14.3 Å². The van der Waals surface area contributed by atoms with Crippen LogP contribution in [0.3, 0.4) is 0 Å². The maximum atomic E-state index is 13.7. The fourth-order valence-electron chi connectivity index (χ4n) is 4.18. The van der Waals surface area contributed by atoms with E-state index >= 15 is 0 Å². The predicted octanol–water partition coefficient (Wildman–Crippen LogP) is 3.40. The highest BCUT2D eigenvalue weighted by Gasteiger charge is 2.43. The van der Waals surface area contributed by atoms with Crippen LogP contribution in [0.2, 0.25) is 0 Å². The van der Waals surface area contributed by atoms with E-state index in [1.165, 1.54) is 4.90 Å². The first-order valence-electron chi connectivity index (χ1n) is 10.9. The van der Waals surface area contributed by atoms with Crippen molar-refractivity contribution in [3.63, 3.8) is 0 Å². The van der Waals surface area contributed by atoms with Crippen LogP contribution in [0, 0.1) is 0 Å². The van der Waals surface area contributed by atoms with Crippen molar-refractivity contribution in [1.29, 1.82) is 0 Å². The Bertz CT molecular complexity index is 992.